The van der Waals surface area contributed by atoms with E-state index in [1.807, 2.05) is 13.8 Å². The van der Waals surface area contributed by atoms with Gasteiger partial charge in [0.15, 0.2) is 0 Å². The first kappa shape index (κ1) is 12.6. The maximum Gasteiger partial charge on any atom is 0.202 e. The number of benzene rings is 1. The Morgan fingerprint density at radius 3 is 2.71 bits per heavy atom. The molecular weight excluding hydrogens is 258 g/mol. The van der Waals surface area contributed by atoms with Crippen LogP contribution in [0.25, 0.3) is 5.57 Å². The minimum atomic E-state index is -3.37. The molecule has 0 fully saturated rings. The lowest BCUT2D eigenvalue weighted by molar-refractivity contribution is 0.605. The first-order chi connectivity index (χ1) is 7.92. The molecule has 0 spiro atoms. The van der Waals surface area contributed by atoms with Crippen LogP contribution in [0, 0.1) is 0 Å². The number of fused-ring (bicyclic) bond motifs is 1. The van der Waals surface area contributed by atoms with Gasteiger partial charge in [-0.25, -0.2) is 8.42 Å². The fourth-order valence-corrected chi connectivity index (χ4v) is 3.86. The van der Waals surface area contributed by atoms with Crippen molar-refractivity contribution in [1.82, 2.24) is 5.32 Å². The van der Waals surface area contributed by atoms with Crippen molar-refractivity contribution in [1.29, 1.82) is 0 Å². The van der Waals surface area contributed by atoms with Gasteiger partial charge in [-0.05, 0) is 11.6 Å². The van der Waals surface area contributed by atoms with Crippen molar-refractivity contribution in [2.24, 2.45) is 0 Å². The van der Waals surface area contributed by atoms with Gasteiger partial charge in [-0.3, -0.25) is 0 Å². The minimum Gasteiger partial charge on any atom is -0.310 e. The van der Waals surface area contributed by atoms with Gasteiger partial charge in [0.05, 0.1) is 9.92 Å². The predicted octanol–water partition coefficient (Wildman–Crippen LogP) is 2.47. The molecule has 0 saturated heterocycles. The van der Waals surface area contributed by atoms with Crippen LogP contribution >= 0.6 is 11.6 Å². The smallest absolute Gasteiger partial charge is 0.202 e. The summed E-state index contributed by atoms with van der Waals surface area (Å²) in [5.41, 5.74) is 1.49. The third-order valence-corrected chi connectivity index (χ3v) is 4.63. The Hall–Kier alpha value is -0.840. The summed E-state index contributed by atoms with van der Waals surface area (Å²) in [5, 5.41) is 4.80. The molecule has 3 nitrogen and oxygen atoms in total. The van der Waals surface area contributed by atoms with Crippen LogP contribution in [0.5, 0.6) is 0 Å². The molecule has 1 heterocycles. The maximum absolute atomic E-state index is 11.9. The van der Waals surface area contributed by atoms with E-state index in [1.54, 1.807) is 18.2 Å². The Balaban J connectivity index is 2.44. The Bertz CT molecular complexity index is 576. The summed E-state index contributed by atoms with van der Waals surface area (Å²) in [6, 6.07) is 5.47. The van der Waals surface area contributed by atoms with Crippen LogP contribution in [0.4, 0.5) is 0 Å². The van der Waals surface area contributed by atoms with Crippen molar-refractivity contribution < 1.29 is 8.42 Å². The Morgan fingerprint density at radius 1 is 1.35 bits per heavy atom. The molecule has 1 aromatic rings. The van der Waals surface area contributed by atoms with E-state index in [1.165, 1.54) is 5.41 Å². The number of hydrogen-bond donors (Lipinski definition) is 1. The van der Waals surface area contributed by atoms with Crippen LogP contribution in [0.2, 0.25) is 5.02 Å². The Kier molecular flexibility index (Phi) is 3.30. The van der Waals surface area contributed by atoms with Crippen molar-refractivity contribution in [3.63, 3.8) is 0 Å². The molecule has 1 aromatic carbocycles. The van der Waals surface area contributed by atoms with Gasteiger partial charge < -0.3 is 5.32 Å². The van der Waals surface area contributed by atoms with Crippen molar-refractivity contribution in [2.45, 2.75) is 24.8 Å². The van der Waals surface area contributed by atoms with E-state index in [2.05, 4.69) is 5.32 Å². The molecule has 0 radical (unpaired) electrons. The third-order valence-electron chi connectivity index (χ3n) is 2.60. The summed E-state index contributed by atoms with van der Waals surface area (Å²) in [6.07, 6.45) is 0. The molecule has 0 amide bonds. The lowest BCUT2D eigenvalue weighted by Gasteiger charge is -2.09. The van der Waals surface area contributed by atoms with Crippen LogP contribution in [0.15, 0.2) is 28.5 Å². The highest BCUT2D eigenvalue weighted by Crippen LogP contribution is 2.37. The summed E-state index contributed by atoms with van der Waals surface area (Å²) < 4.78 is 23.9. The highest BCUT2D eigenvalue weighted by molar-refractivity contribution is 7.95. The van der Waals surface area contributed by atoms with Gasteiger partial charge in [0.2, 0.25) is 9.84 Å². The molecule has 0 bridgehead atoms. The number of nitrogens with one attached hydrogen (secondary N) is 1. The second-order valence-corrected chi connectivity index (χ2v) is 6.48. The molecule has 2 rings (SSSR count). The van der Waals surface area contributed by atoms with Gasteiger partial charge in [-0.15, -0.1) is 0 Å². The van der Waals surface area contributed by atoms with E-state index in [0.717, 1.165) is 5.57 Å². The van der Waals surface area contributed by atoms with E-state index < -0.39 is 9.84 Å². The second-order valence-electron chi connectivity index (χ2n) is 4.34. The molecule has 0 unspecified atom stereocenters. The third kappa shape index (κ3) is 2.39. The standard InChI is InChI=1S/C12H14ClNO2S/c1-8(2)14-6-9-7-17(15,16)12-10(9)4-3-5-11(12)13/h3-5,7-8,14H,6H2,1-2H3. The zero-order chi connectivity index (χ0) is 12.6. The van der Waals surface area contributed by atoms with Crippen LogP contribution in [-0.4, -0.2) is 21.0 Å². The second kappa shape index (κ2) is 4.44. The van der Waals surface area contributed by atoms with Gasteiger partial charge in [-0.1, -0.05) is 37.6 Å². The molecule has 0 atom stereocenters. The van der Waals surface area contributed by atoms with Crippen molar-refractivity contribution >= 4 is 27.0 Å². The highest BCUT2D eigenvalue weighted by Gasteiger charge is 2.28. The number of hydrogen-bond acceptors (Lipinski definition) is 3. The van der Waals surface area contributed by atoms with Gasteiger partial charge in [0.25, 0.3) is 0 Å². The molecule has 1 aliphatic rings. The first-order valence-corrected chi connectivity index (χ1v) is 7.32. The maximum atomic E-state index is 11.9. The normalized spacial score (nSPS) is 17.1. The zero-order valence-corrected chi connectivity index (χ0v) is 11.3. The molecule has 17 heavy (non-hydrogen) atoms. The average Bonchev–Trinajstić information content (AvgIpc) is 2.49. The molecule has 0 aromatic heterocycles. The van der Waals surface area contributed by atoms with Crippen LogP contribution in [0.3, 0.4) is 0 Å². The topological polar surface area (TPSA) is 46.2 Å². The average molecular weight is 272 g/mol. The number of halogens is 1. The summed E-state index contributed by atoms with van der Waals surface area (Å²) >= 11 is 5.95. The molecular formula is C12H14ClNO2S. The van der Waals surface area contributed by atoms with E-state index in [-0.39, 0.29) is 4.90 Å². The fourth-order valence-electron chi connectivity index (χ4n) is 1.81. The van der Waals surface area contributed by atoms with E-state index >= 15 is 0 Å². The molecule has 0 aliphatic carbocycles. The summed E-state index contributed by atoms with van der Waals surface area (Å²) in [4.78, 5) is 0.238. The zero-order valence-electron chi connectivity index (χ0n) is 9.70. The van der Waals surface area contributed by atoms with Gasteiger partial charge >= 0.3 is 0 Å². The van der Waals surface area contributed by atoms with Crippen molar-refractivity contribution in [2.75, 3.05) is 6.54 Å². The van der Waals surface area contributed by atoms with Crippen LogP contribution in [-0.2, 0) is 9.84 Å². The van der Waals surface area contributed by atoms with E-state index in [4.69, 9.17) is 11.6 Å². The van der Waals surface area contributed by atoms with E-state index in [0.29, 0.717) is 23.2 Å². The molecule has 1 N–H and O–H groups in total. The van der Waals surface area contributed by atoms with Gasteiger partial charge in [0.1, 0.15) is 0 Å². The SMILES string of the molecule is CC(C)NCC1=CS(=O)(=O)c2c(Cl)cccc21. The summed E-state index contributed by atoms with van der Waals surface area (Å²) in [6.45, 7) is 4.57. The first-order valence-electron chi connectivity index (χ1n) is 5.40. The molecule has 0 saturated carbocycles. The quantitative estimate of drug-likeness (QED) is 0.919. The lowest BCUT2D eigenvalue weighted by atomic mass is 10.1. The van der Waals surface area contributed by atoms with Gasteiger partial charge in [-0.2, -0.15) is 0 Å². The predicted molar refractivity (Wildman–Crippen MR) is 69.8 cm³/mol. The molecule has 92 valence electrons. The van der Waals surface area contributed by atoms with Crippen LogP contribution < -0.4 is 5.32 Å². The van der Waals surface area contributed by atoms with Gasteiger partial charge in [0, 0.05) is 23.6 Å². The van der Waals surface area contributed by atoms with E-state index in [9.17, 15) is 8.42 Å². The largest absolute Gasteiger partial charge is 0.310 e. The fraction of sp³-hybridized carbons (Fsp3) is 0.333. The summed E-state index contributed by atoms with van der Waals surface area (Å²) in [7, 11) is -3.37. The Labute approximate surface area is 106 Å². The van der Waals surface area contributed by atoms with Crippen molar-refractivity contribution in [3.05, 3.63) is 34.2 Å². The minimum absolute atomic E-state index is 0.238. The number of sulfone groups is 1. The number of rotatable bonds is 3. The van der Waals surface area contributed by atoms with Crippen LogP contribution in [0.1, 0.15) is 19.4 Å². The van der Waals surface area contributed by atoms with Crippen molar-refractivity contribution in [3.8, 4) is 0 Å². The Morgan fingerprint density at radius 2 is 2.06 bits per heavy atom. The highest BCUT2D eigenvalue weighted by atomic mass is 35.5. The molecule has 1 aliphatic heterocycles. The summed E-state index contributed by atoms with van der Waals surface area (Å²) in [5.74, 6) is 0. The molecule has 5 heteroatoms. The lowest BCUT2D eigenvalue weighted by Crippen LogP contribution is -2.24. The monoisotopic (exact) mass is 271 g/mol.